The van der Waals surface area contributed by atoms with Crippen LogP contribution in [0.2, 0.25) is 0 Å². The maximum Gasteiger partial charge on any atom is 0.130 e. The lowest BCUT2D eigenvalue weighted by molar-refractivity contribution is 0.913. The summed E-state index contributed by atoms with van der Waals surface area (Å²) in [4.78, 5) is 9.83. The van der Waals surface area contributed by atoms with E-state index in [4.69, 9.17) is 9.97 Å². The first-order valence-corrected chi connectivity index (χ1v) is 12.0. The van der Waals surface area contributed by atoms with Gasteiger partial charge in [0.05, 0.1) is 36.0 Å². The standard InChI is InChI=1S/C26H20N4S2/c27-17-15-23(19-9-3-1-4-10-19)31-25-26(30-22-14-8-7-13-21(22)29-25)32-24(16-18-28)20-11-5-2-6-12-20/h1-14,23-24H,15-16H2. The van der Waals surface area contributed by atoms with Crippen molar-refractivity contribution in [3.63, 3.8) is 0 Å². The Hall–Kier alpha value is -3.32. The van der Waals surface area contributed by atoms with E-state index in [9.17, 15) is 10.5 Å². The van der Waals surface area contributed by atoms with E-state index in [-0.39, 0.29) is 10.5 Å². The Morgan fingerprint density at radius 1 is 0.594 bits per heavy atom. The van der Waals surface area contributed by atoms with Crippen molar-refractivity contribution >= 4 is 34.6 Å². The minimum atomic E-state index is -0.0536. The van der Waals surface area contributed by atoms with Crippen LogP contribution in [0.25, 0.3) is 11.0 Å². The summed E-state index contributed by atoms with van der Waals surface area (Å²) in [6.07, 6.45) is 0.737. The second-order valence-corrected chi connectivity index (χ2v) is 9.46. The maximum atomic E-state index is 9.44. The molecule has 4 nitrogen and oxygen atoms in total. The molecule has 1 aromatic heterocycles. The van der Waals surface area contributed by atoms with Crippen molar-refractivity contribution in [1.82, 2.24) is 9.97 Å². The van der Waals surface area contributed by atoms with Crippen molar-refractivity contribution in [2.75, 3.05) is 0 Å². The zero-order valence-electron chi connectivity index (χ0n) is 17.3. The van der Waals surface area contributed by atoms with E-state index in [1.54, 1.807) is 23.5 Å². The smallest absolute Gasteiger partial charge is 0.130 e. The van der Waals surface area contributed by atoms with Crippen LogP contribution >= 0.6 is 23.5 Å². The van der Waals surface area contributed by atoms with Gasteiger partial charge in [0.1, 0.15) is 10.1 Å². The van der Waals surface area contributed by atoms with Crippen LogP contribution in [0.1, 0.15) is 34.5 Å². The molecule has 3 aromatic carbocycles. The Morgan fingerprint density at radius 2 is 0.969 bits per heavy atom. The summed E-state index contributed by atoms with van der Waals surface area (Å²) in [5, 5.41) is 20.4. The fourth-order valence-electron chi connectivity index (χ4n) is 3.35. The first-order chi connectivity index (χ1) is 15.8. The van der Waals surface area contributed by atoms with Crippen molar-refractivity contribution < 1.29 is 0 Å². The van der Waals surface area contributed by atoms with Gasteiger partial charge in [-0.2, -0.15) is 10.5 Å². The zero-order valence-corrected chi connectivity index (χ0v) is 18.9. The number of rotatable bonds is 8. The third-order valence-corrected chi connectivity index (χ3v) is 7.50. The van der Waals surface area contributed by atoms with E-state index in [2.05, 4.69) is 12.1 Å². The van der Waals surface area contributed by atoms with Crippen molar-refractivity contribution in [3.8, 4) is 12.1 Å². The number of para-hydroxylation sites is 2. The van der Waals surface area contributed by atoms with Crippen LogP contribution in [-0.4, -0.2) is 9.97 Å². The van der Waals surface area contributed by atoms with Gasteiger partial charge >= 0.3 is 0 Å². The minimum absolute atomic E-state index is 0.0536. The highest BCUT2D eigenvalue weighted by atomic mass is 32.2. The molecule has 32 heavy (non-hydrogen) atoms. The number of hydrogen-bond acceptors (Lipinski definition) is 6. The van der Waals surface area contributed by atoms with Gasteiger partial charge in [-0.05, 0) is 23.3 Å². The Labute approximate surface area is 196 Å². The van der Waals surface area contributed by atoms with Gasteiger partial charge in [0.25, 0.3) is 0 Å². The molecule has 0 radical (unpaired) electrons. The fraction of sp³-hybridized carbons (Fsp3) is 0.154. The molecule has 0 spiro atoms. The van der Waals surface area contributed by atoms with Crippen molar-refractivity contribution in [2.24, 2.45) is 0 Å². The molecule has 2 unspecified atom stereocenters. The van der Waals surface area contributed by atoms with Crippen LogP contribution in [0.3, 0.4) is 0 Å². The highest BCUT2D eigenvalue weighted by Gasteiger charge is 2.22. The Balaban J connectivity index is 1.75. The summed E-state index contributed by atoms with van der Waals surface area (Å²) in [7, 11) is 0. The average molecular weight is 453 g/mol. The predicted molar refractivity (Wildman–Crippen MR) is 130 cm³/mol. The van der Waals surface area contributed by atoms with E-state index in [1.165, 1.54) is 0 Å². The molecular formula is C26H20N4S2. The number of aromatic nitrogens is 2. The second-order valence-electron chi connectivity index (χ2n) is 7.08. The van der Waals surface area contributed by atoms with Crippen molar-refractivity contribution in [3.05, 3.63) is 96.1 Å². The summed E-state index contributed by atoms with van der Waals surface area (Å²) < 4.78 is 0. The first kappa shape index (κ1) is 21.9. The summed E-state index contributed by atoms with van der Waals surface area (Å²) >= 11 is 3.13. The number of fused-ring (bicyclic) bond motifs is 1. The monoisotopic (exact) mass is 452 g/mol. The molecule has 0 bridgehead atoms. The quantitative estimate of drug-likeness (QED) is 0.265. The van der Waals surface area contributed by atoms with E-state index in [0.717, 1.165) is 32.2 Å². The van der Waals surface area contributed by atoms with E-state index >= 15 is 0 Å². The molecule has 0 N–H and O–H groups in total. The van der Waals surface area contributed by atoms with Crippen LogP contribution in [0.15, 0.2) is 95.0 Å². The first-order valence-electron chi connectivity index (χ1n) is 10.2. The Kier molecular flexibility index (Phi) is 7.40. The lowest BCUT2D eigenvalue weighted by Gasteiger charge is -2.18. The molecule has 2 atom stereocenters. The fourth-order valence-corrected chi connectivity index (χ4v) is 5.67. The summed E-state index contributed by atoms with van der Waals surface area (Å²) in [6.45, 7) is 0. The molecular weight excluding hydrogens is 432 g/mol. The van der Waals surface area contributed by atoms with Crippen molar-refractivity contribution in [2.45, 2.75) is 33.4 Å². The highest BCUT2D eigenvalue weighted by Crippen LogP contribution is 2.45. The molecule has 0 saturated heterocycles. The molecule has 6 heteroatoms. The largest absolute Gasteiger partial charge is 0.237 e. The molecule has 0 aliphatic carbocycles. The third-order valence-electron chi connectivity index (χ3n) is 4.91. The van der Waals surface area contributed by atoms with Gasteiger partial charge in [-0.3, -0.25) is 0 Å². The van der Waals surface area contributed by atoms with Gasteiger partial charge < -0.3 is 0 Å². The highest BCUT2D eigenvalue weighted by molar-refractivity contribution is 8.02. The van der Waals surface area contributed by atoms with Gasteiger partial charge in [-0.1, -0.05) is 96.3 Å². The van der Waals surface area contributed by atoms with Gasteiger partial charge in [-0.25, -0.2) is 9.97 Å². The number of benzene rings is 3. The van der Waals surface area contributed by atoms with Crippen LogP contribution < -0.4 is 0 Å². The van der Waals surface area contributed by atoms with Crippen LogP contribution in [-0.2, 0) is 0 Å². The zero-order chi connectivity index (χ0) is 22.2. The second kappa shape index (κ2) is 10.8. The number of hydrogen-bond donors (Lipinski definition) is 0. The average Bonchev–Trinajstić information content (AvgIpc) is 2.85. The summed E-state index contributed by atoms with van der Waals surface area (Å²) in [5.41, 5.74) is 3.81. The van der Waals surface area contributed by atoms with Crippen LogP contribution in [0.5, 0.6) is 0 Å². The molecule has 4 rings (SSSR count). The summed E-state index contributed by atoms with van der Waals surface area (Å²) in [5.74, 6) is 0. The molecule has 4 aromatic rings. The number of thioether (sulfide) groups is 2. The van der Waals surface area contributed by atoms with Gasteiger partial charge in [0, 0.05) is 10.5 Å². The molecule has 0 saturated carbocycles. The number of nitrogens with zero attached hydrogens (tertiary/aromatic N) is 4. The lowest BCUT2D eigenvalue weighted by atomic mass is 10.1. The normalized spacial score (nSPS) is 12.6. The van der Waals surface area contributed by atoms with Crippen LogP contribution in [0.4, 0.5) is 0 Å². The number of nitriles is 2. The molecule has 0 aliphatic rings. The molecule has 0 fully saturated rings. The summed E-state index contributed by atoms with van der Waals surface area (Å²) in [6, 6.07) is 32.5. The van der Waals surface area contributed by atoms with Gasteiger partial charge in [-0.15, -0.1) is 0 Å². The van der Waals surface area contributed by atoms with Gasteiger partial charge in [0.15, 0.2) is 0 Å². The third kappa shape index (κ3) is 5.29. The SMILES string of the molecule is N#CCC(Sc1nc2ccccc2nc1SC(CC#N)c1ccccc1)c1ccccc1. The van der Waals surface area contributed by atoms with Crippen molar-refractivity contribution in [1.29, 1.82) is 10.5 Å². The van der Waals surface area contributed by atoms with E-state index < -0.39 is 0 Å². The molecule has 0 aliphatic heterocycles. The predicted octanol–water partition coefficient (Wildman–Crippen LogP) is 7.12. The van der Waals surface area contributed by atoms with E-state index in [0.29, 0.717) is 12.8 Å². The minimum Gasteiger partial charge on any atom is -0.237 e. The van der Waals surface area contributed by atoms with Gasteiger partial charge in [0.2, 0.25) is 0 Å². The maximum absolute atomic E-state index is 9.44. The molecule has 1 heterocycles. The molecule has 0 amide bonds. The lowest BCUT2D eigenvalue weighted by Crippen LogP contribution is -2.00. The topological polar surface area (TPSA) is 73.4 Å². The Morgan fingerprint density at radius 3 is 1.34 bits per heavy atom. The van der Waals surface area contributed by atoms with E-state index in [1.807, 2.05) is 84.9 Å². The molecule has 156 valence electrons. The Bertz CT molecular complexity index is 1160. The van der Waals surface area contributed by atoms with Crippen LogP contribution in [0, 0.1) is 22.7 Å².